The average molecular weight is 463 g/mol. The number of nitrogens with zero attached hydrogens (tertiary/aromatic N) is 5. The Labute approximate surface area is 201 Å². The van der Waals surface area contributed by atoms with Crippen LogP contribution < -0.4 is 9.57 Å². The number of benzene rings is 3. The van der Waals surface area contributed by atoms with Crippen molar-refractivity contribution in [3.05, 3.63) is 102 Å². The average Bonchev–Trinajstić information content (AvgIpc) is 3.35. The van der Waals surface area contributed by atoms with Gasteiger partial charge in [0.1, 0.15) is 12.4 Å². The molecule has 0 bridgehead atoms. The Morgan fingerprint density at radius 1 is 0.886 bits per heavy atom. The fraction of sp³-hybridized carbons (Fsp3) is 0.0741. The van der Waals surface area contributed by atoms with E-state index in [2.05, 4.69) is 26.5 Å². The highest BCUT2D eigenvalue weighted by molar-refractivity contribution is 5.78. The molecule has 0 saturated heterocycles. The van der Waals surface area contributed by atoms with Gasteiger partial charge >= 0.3 is 5.97 Å². The Kier molecular flexibility index (Phi) is 6.25. The molecule has 0 amide bonds. The third kappa shape index (κ3) is 5.56. The summed E-state index contributed by atoms with van der Waals surface area (Å²) in [6, 6.07) is 27.7. The summed E-state index contributed by atoms with van der Waals surface area (Å²) >= 11 is 0. The van der Waals surface area contributed by atoms with Crippen LogP contribution in [0.2, 0.25) is 0 Å². The van der Waals surface area contributed by atoms with Crippen LogP contribution in [0.25, 0.3) is 34.4 Å². The summed E-state index contributed by atoms with van der Waals surface area (Å²) in [5.74, 6) is 0.642. The normalized spacial score (nSPS) is 11.1. The molecule has 5 rings (SSSR count). The molecular weight excluding hydrogens is 442 g/mol. The van der Waals surface area contributed by atoms with Gasteiger partial charge in [0.25, 0.3) is 0 Å². The monoisotopic (exact) mass is 463 g/mol. The summed E-state index contributed by atoms with van der Waals surface area (Å²) in [6.07, 6.45) is 4.04. The van der Waals surface area contributed by atoms with Crippen molar-refractivity contribution in [3.8, 4) is 17.1 Å². The van der Waals surface area contributed by atoms with Gasteiger partial charge in [-0.3, -0.25) is 0 Å². The van der Waals surface area contributed by atoms with E-state index < -0.39 is 5.97 Å². The summed E-state index contributed by atoms with van der Waals surface area (Å²) in [5, 5.41) is 12.7. The lowest BCUT2D eigenvalue weighted by Crippen LogP contribution is -2.19. The van der Waals surface area contributed by atoms with E-state index in [1.54, 1.807) is 0 Å². The van der Waals surface area contributed by atoms with Gasteiger partial charge in [-0.2, -0.15) is 0 Å². The number of pyridine rings is 1. The molecular formula is C27H21N5O3. The first-order valence-electron chi connectivity index (χ1n) is 11.0. The molecule has 0 saturated carbocycles. The highest BCUT2D eigenvalue weighted by atomic mass is 16.7. The molecule has 0 fully saturated rings. The Morgan fingerprint density at radius 3 is 2.34 bits per heavy atom. The molecule has 0 radical (unpaired) electrons. The summed E-state index contributed by atoms with van der Waals surface area (Å²) in [6.45, 7) is 1.68. The number of hydrogen-bond donors (Lipinski definition) is 0. The zero-order valence-corrected chi connectivity index (χ0v) is 18.9. The van der Waals surface area contributed by atoms with Crippen LogP contribution >= 0.6 is 0 Å². The molecule has 2 aromatic heterocycles. The Bertz CT molecular complexity index is 1490. The van der Waals surface area contributed by atoms with Crippen molar-refractivity contribution in [1.29, 1.82) is 0 Å². The van der Waals surface area contributed by atoms with Crippen molar-refractivity contribution in [2.75, 3.05) is 0 Å². The number of aromatic nitrogens is 5. The largest absolute Gasteiger partial charge is 0.487 e. The lowest BCUT2D eigenvalue weighted by molar-refractivity contribution is -0.145. The minimum Gasteiger partial charge on any atom is -0.487 e. The van der Waals surface area contributed by atoms with E-state index in [1.807, 2.05) is 91.0 Å². The van der Waals surface area contributed by atoms with Gasteiger partial charge in [0.2, 0.25) is 5.82 Å². The van der Waals surface area contributed by atoms with Gasteiger partial charge in [-0.15, -0.1) is 5.10 Å². The first-order valence-corrected chi connectivity index (χ1v) is 11.0. The predicted molar refractivity (Wildman–Crippen MR) is 132 cm³/mol. The molecule has 172 valence electrons. The third-order valence-electron chi connectivity index (χ3n) is 5.17. The number of ether oxygens (including phenoxy) is 1. The van der Waals surface area contributed by atoms with Crippen LogP contribution in [0.1, 0.15) is 23.7 Å². The van der Waals surface area contributed by atoms with Crippen LogP contribution in [-0.2, 0) is 11.4 Å². The molecule has 0 aliphatic rings. The molecule has 3 aromatic carbocycles. The minimum absolute atomic E-state index is 0.372. The molecule has 0 spiro atoms. The molecule has 0 aliphatic heterocycles. The van der Waals surface area contributed by atoms with Gasteiger partial charge in [0, 0.05) is 22.8 Å². The smallest absolute Gasteiger partial charge is 0.333 e. The van der Waals surface area contributed by atoms with E-state index in [1.165, 1.54) is 6.92 Å². The topological polar surface area (TPSA) is 92.0 Å². The van der Waals surface area contributed by atoms with Crippen molar-refractivity contribution >= 4 is 29.0 Å². The van der Waals surface area contributed by atoms with Crippen LogP contribution in [0.4, 0.5) is 0 Å². The van der Waals surface area contributed by atoms with Crippen molar-refractivity contribution in [2.45, 2.75) is 13.5 Å². The SMILES string of the molecule is CC(=O)On1nnc(-c2ccc(C=Cc3ccc(OCc4ccc5ccccc5n4)cc3)cc2)n1. The number of rotatable bonds is 7. The van der Waals surface area contributed by atoms with Crippen LogP contribution in [0.15, 0.2) is 84.9 Å². The number of fused-ring (bicyclic) bond motifs is 1. The zero-order valence-electron chi connectivity index (χ0n) is 18.9. The second-order valence-corrected chi connectivity index (χ2v) is 7.76. The Balaban J connectivity index is 1.18. The van der Waals surface area contributed by atoms with E-state index in [4.69, 9.17) is 9.57 Å². The van der Waals surface area contributed by atoms with E-state index in [0.29, 0.717) is 12.4 Å². The molecule has 2 heterocycles. The molecule has 8 heteroatoms. The molecule has 8 nitrogen and oxygen atoms in total. The van der Waals surface area contributed by atoms with Crippen molar-refractivity contribution in [2.24, 2.45) is 0 Å². The van der Waals surface area contributed by atoms with Gasteiger partial charge in [0.15, 0.2) is 0 Å². The highest BCUT2D eigenvalue weighted by Gasteiger charge is 2.07. The summed E-state index contributed by atoms with van der Waals surface area (Å²) < 4.78 is 5.90. The first-order chi connectivity index (χ1) is 17.1. The fourth-order valence-corrected chi connectivity index (χ4v) is 3.43. The highest BCUT2D eigenvalue weighted by Crippen LogP contribution is 2.19. The molecule has 5 aromatic rings. The second-order valence-electron chi connectivity index (χ2n) is 7.76. The van der Waals surface area contributed by atoms with Crippen LogP contribution in [0, 0.1) is 0 Å². The number of hydrogen-bond acceptors (Lipinski definition) is 7. The van der Waals surface area contributed by atoms with E-state index >= 15 is 0 Å². The first kappa shape index (κ1) is 22.0. The van der Waals surface area contributed by atoms with Gasteiger partial charge in [-0.05, 0) is 40.6 Å². The molecule has 0 aliphatic carbocycles. The Hall–Kier alpha value is -4.85. The van der Waals surface area contributed by atoms with Crippen LogP contribution in [0.5, 0.6) is 5.75 Å². The molecule has 0 unspecified atom stereocenters. The minimum atomic E-state index is -0.518. The third-order valence-corrected chi connectivity index (χ3v) is 5.17. The quantitative estimate of drug-likeness (QED) is 0.257. The molecule has 0 N–H and O–H groups in total. The molecule has 35 heavy (non-hydrogen) atoms. The van der Waals surface area contributed by atoms with E-state index in [0.717, 1.165) is 44.0 Å². The molecule has 0 atom stereocenters. The maximum Gasteiger partial charge on any atom is 0.333 e. The number of carbonyl (C=O) groups is 1. The predicted octanol–water partition coefficient (Wildman–Crippen LogP) is 4.61. The summed E-state index contributed by atoms with van der Waals surface area (Å²) in [5.41, 5.74) is 4.69. The summed E-state index contributed by atoms with van der Waals surface area (Å²) in [4.78, 5) is 21.2. The standard InChI is InChI=1S/C27H21N5O3/c1-19(33)35-32-30-27(29-31-32)23-12-8-20(9-13-23)6-7-21-10-16-25(17-11-21)34-18-24-15-14-22-4-2-3-5-26(22)28-24/h2-17H,18H2,1H3. The van der Waals surface area contributed by atoms with Gasteiger partial charge < -0.3 is 9.57 Å². The van der Waals surface area contributed by atoms with Gasteiger partial charge in [-0.25, -0.2) is 9.78 Å². The lowest BCUT2D eigenvalue weighted by Gasteiger charge is -2.07. The fourth-order valence-electron chi connectivity index (χ4n) is 3.43. The number of para-hydroxylation sites is 1. The number of tetrazole rings is 1. The van der Waals surface area contributed by atoms with Gasteiger partial charge in [0.05, 0.1) is 11.2 Å². The summed E-state index contributed by atoms with van der Waals surface area (Å²) in [7, 11) is 0. The van der Waals surface area contributed by atoms with Gasteiger partial charge in [-0.1, -0.05) is 77.9 Å². The van der Waals surface area contributed by atoms with Crippen LogP contribution in [-0.4, -0.2) is 31.3 Å². The van der Waals surface area contributed by atoms with Crippen LogP contribution in [0.3, 0.4) is 0 Å². The second kappa shape index (κ2) is 9.96. The van der Waals surface area contributed by atoms with Crippen molar-refractivity contribution < 1.29 is 14.4 Å². The maximum absolute atomic E-state index is 11.0. The van der Waals surface area contributed by atoms with Crippen molar-refractivity contribution in [1.82, 2.24) is 25.4 Å². The van der Waals surface area contributed by atoms with E-state index in [-0.39, 0.29) is 0 Å². The Morgan fingerprint density at radius 2 is 1.60 bits per heavy atom. The van der Waals surface area contributed by atoms with E-state index in [9.17, 15) is 4.79 Å². The van der Waals surface area contributed by atoms with Crippen molar-refractivity contribution in [3.63, 3.8) is 0 Å². The lowest BCUT2D eigenvalue weighted by atomic mass is 10.1. The number of carbonyl (C=O) groups excluding carboxylic acids is 1. The zero-order chi connectivity index (χ0) is 24.0. The maximum atomic E-state index is 11.0.